The standard InChI is InChI=1S/C19H18N2O3/c1-20-15-7-3-2-6-13(15)14(12-18(20)22)19(23)21-10-4-8-16(21)17-9-5-11-24-17/h2-3,5-7,9,11-12,16H,4,8,10H2,1H3/t16-/m1/s1. The van der Waals surface area contributed by atoms with Gasteiger partial charge < -0.3 is 13.9 Å². The van der Waals surface area contributed by atoms with Crippen molar-refractivity contribution in [3.63, 3.8) is 0 Å². The second-order valence-corrected chi connectivity index (χ2v) is 6.14. The van der Waals surface area contributed by atoms with Crippen molar-refractivity contribution in [2.75, 3.05) is 6.54 Å². The highest BCUT2D eigenvalue weighted by Gasteiger charge is 2.33. The molecule has 1 aliphatic heterocycles. The van der Waals surface area contributed by atoms with Gasteiger partial charge in [0, 0.05) is 25.0 Å². The van der Waals surface area contributed by atoms with Crippen molar-refractivity contribution in [1.29, 1.82) is 0 Å². The van der Waals surface area contributed by atoms with E-state index in [1.807, 2.05) is 41.3 Å². The second kappa shape index (κ2) is 5.67. The average molecular weight is 322 g/mol. The maximum atomic E-state index is 13.2. The molecule has 3 aromatic rings. The van der Waals surface area contributed by atoms with E-state index in [9.17, 15) is 9.59 Å². The number of amides is 1. The molecule has 5 heteroatoms. The van der Waals surface area contributed by atoms with Crippen LogP contribution in [0.5, 0.6) is 0 Å². The predicted molar refractivity (Wildman–Crippen MR) is 90.9 cm³/mol. The number of aromatic nitrogens is 1. The fourth-order valence-electron chi connectivity index (χ4n) is 3.53. The molecule has 3 heterocycles. The summed E-state index contributed by atoms with van der Waals surface area (Å²) in [4.78, 5) is 27.2. The summed E-state index contributed by atoms with van der Waals surface area (Å²) in [5.41, 5.74) is 1.06. The van der Waals surface area contributed by atoms with Gasteiger partial charge in [-0.1, -0.05) is 18.2 Å². The SMILES string of the molecule is Cn1c(=O)cc(C(=O)N2CCC[C@@H]2c2ccco2)c2ccccc21. The molecule has 0 radical (unpaired) electrons. The number of carbonyl (C=O) groups excluding carboxylic acids is 1. The molecule has 1 amide bonds. The average Bonchev–Trinajstić information content (AvgIpc) is 3.28. The third-order valence-corrected chi connectivity index (χ3v) is 4.77. The molecule has 0 bridgehead atoms. The van der Waals surface area contributed by atoms with E-state index in [4.69, 9.17) is 4.42 Å². The zero-order valence-corrected chi connectivity index (χ0v) is 13.4. The molecule has 2 aromatic heterocycles. The molecule has 1 saturated heterocycles. The first-order valence-electron chi connectivity index (χ1n) is 8.10. The Balaban J connectivity index is 1.81. The lowest BCUT2D eigenvalue weighted by molar-refractivity contribution is 0.0721. The van der Waals surface area contributed by atoms with E-state index in [2.05, 4.69) is 0 Å². The van der Waals surface area contributed by atoms with Gasteiger partial charge >= 0.3 is 0 Å². The van der Waals surface area contributed by atoms with Crippen molar-refractivity contribution >= 4 is 16.8 Å². The van der Waals surface area contributed by atoms with Gasteiger partial charge in [-0.2, -0.15) is 0 Å². The van der Waals surface area contributed by atoms with Gasteiger partial charge in [0.05, 0.1) is 23.4 Å². The summed E-state index contributed by atoms with van der Waals surface area (Å²) in [6, 6.07) is 12.6. The Labute approximate surface area is 139 Å². The van der Waals surface area contributed by atoms with Gasteiger partial charge in [0.25, 0.3) is 11.5 Å². The Morgan fingerprint density at radius 1 is 1.21 bits per heavy atom. The number of furan rings is 1. The van der Waals surface area contributed by atoms with Crippen LogP contribution in [0, 0.1) is 0 Å². The Morgan fingerprint density at radius 3 is 2.83 bits per heavy atom. The fraction of sp³-hybridized carbons (Fsp3) is 0.263. The topological polar surface area (TPSA) is 55.5 Å². The number of hydrogen-bond acceptors (Lipinski definition) is 3. The van der Waals surface area contributed by atoms with Crippen LogP contribution in [0.3, 0.4) is 0 Å². The number of rotatable bonds is 2. The van der Waals surface area contributed by atoms with Crippen LogP contribution in [0.25, 0.3) is 10.9 Å². The van der Waals surface area contributed by atoms with Crippen LogP contribution in [0.4, 0.5) is 0 Å². The molecule has 1 fully saturated rings. The number of benzene rings is 1. The first-order valence-corrected chi connectivity index (χ1v) is 8.10. The van der Waals surface area contributed by atoms with E-state index in [1.54, 1.807) is 17.9 Å². The molecule has 0 N–H and O–H groups in total. The summed E-state index contributed by atoms with van der Waals surface area (Å²) in [6.07, 6.45) is 3.44. The van der Waals surface area contributed by atoms with Crippen molar-refractivity contribution in [1.82, 2.24) is 9.47 Å². The summed E-state index contributed by atoms with van der Waals surface area (Å²) in [6.45, 7) is 0.674. The molecule has 1 atom stereocenters. The Morgan fingerprint density at radius 2 is 2.04 bits per heavy atom. The third-order valence-electron chi connectivity index (χ3n) is 4.77. The first-order chi connectivity index (χ1) is 11.7. The zero-order chi connectivity index (χ0) is 16.7. The van der Waals surface area contributed by atoms with Crippen LogP contribution in [-0.4, -0.2) is 21.9 Å². The van der Waals surface area contributed by atoms with E-state index in [0.717, 1.165) is 29.5 Å². The van der Waals surface area contributed by atoms with Crippen LogP contribution in [0.15, 0.2) is 57.9 Å². The van der Waals surface area contributed by atoms with Crippen molar-refractivity contribution in [3.05, 3.63) is 70.4 Å². The summed E-state index contributed by atoms with van der Waals surface area (Å²) >= 11 is 0. The maximum Gasteiger partial charge on any atom is 0.255 e. The molecule has 1 aliphatic rings. The lowest BCUT2D eigenvalue weighted by Gasteiger charge is -2.24. The van der Waals surface area contributed by atoms with Crippen LogP contribution in [0.2, 0.25) is 0 Å². The van der Waals surface area contributed by atoms with Gasteiger partial charge in [0.2, 0.25) is 0 Å². The smallest absolute Gasteiger partial charge is 0.255 e. The molecule has 0 saturated carbocycles. The van der Waals surface area contributed by atoms with Crippen molar-refractivity contribution in [2.24, 2.45) is 7.05 Å². The van der Waals surface area contributed by atoms with Gasteiger partial charge in [0.1, 0.15) is 5.76 Å². The number of fused-ring (bicyclic) bond motifs is 1. The van der Waals surface area contributed by atoms with E-state index >= 15 is 0 Å². The lowest BCUT2D eigenvalue weighted by atomic mass is 10.1. The van der Waals surface area contributed by atoms with Crippen molar-refractivity contribution in [3.8, 4) is 0 Å². The normalized spacial score (nSPS) is 17.5. The number of para-hydroxylation sites is 1. The van der Waals surface area contributed by atoms with Gasteiger partial charge in [-0.25, -0.2) is 0 Å². The molecule has 5 nitrogen and oxygen atoms in total. The highest BCUT2D eigenvalue weighted by atomic mass is 16.3. The molecular weight excluding hydrogens is 304 g/mol. The van der Waals surface area contributed by atoms with Crippen molar-refractivity contribution in [2.45, 2.75) is 18.9 Å². The number of likely N-dealkylation sites (tertiary alicyclic amines) is 1. The number of pyridine rings is 1. The second-order valence-electron chi connectivity index (χ2n) is 6.14. The summed E-state index contributed by atoms with van der Waals surface area (Å²) < 4.78 is 7.07. The van der Waals surface area contributed by atoms with Crippen molar-refractivity contribution < 1.29 is 9.21 Å². The number of carbonyl (C=O) groups is 1. The van der Waals surface area contributed by atoms with Crippen LogP contribution >= 0.6 is 0 Å². The molecule has 24 heavy (non-hydrogen) atoms. The number of aryl methyl sites for hydroxylation is 1. The van der Waals surface area contributed by atoms with Gasteiger partial charge in [-0.05, 0) is 31.0 Å². The minimum Gasteiger partial charge on any atom is -0.467 e. The van der Waals surface area contributed by atoms with Gasteiger partial charge in [-0.15, -0.1) is 0 Å². The van der Waals surface area contributed by atoms with E-state index in [1.165, 1.54) is 6.07 Å². The molecule has 0 aliphatic carbocycles. The predicted octanol–water partition coefficient (Wildman–Crippen LogP) is 3.11. The minimum absolute atomic E-state index is 0.0599. The van der Waals surface area contributed by atoms with Crippen LogP contribution in [0.1, 0.15) is 35.0 Å². The molecule has 0 spiro atoms. The Hall–Kier alpha value is -2.82. The van der Waals surface area contributed by atoms with Crippen LogP contribution < -0.4 is 5.56 Å². The molecule has 4 rings (SSSR count). The highest BCUT2D eigenvalue weighted by molar-refractivity contribution is 6.06. The van der Waals surface area contributed by atoms with E-state index < -0.39 is 0 Å². The molecule has 1 aromatic carbocycles. The first kappa shape index (κ1) is 14.8. The maximum absolute atomic E-state index is 13.2. The monoisotopic (exact) mass is 322 g/mol. The Kier molecular flexibility index (Phi) is 3.49. The summed E-state index contributed by atoms with van der Waals surface area (Å²) in [7, 11) is 1.72. The van der Waals surface area contributed by atoms with Gasteiger partial charge in [-0.3, -0.25) is 9.59 Å². The number of hydrogen-bond donors (Lipinski definition) is 0. The largest absolute Gasteiger partial charge is 0.467 e. The summed E-state index contributed by atoms with van der Waals surface area (Å²) in [5, 5.41) is 0.801. The third kappa shape index (κ3) is 2.24. The molecule has 0 unspecified atom stereocenters. The zero-order valence-electron chi connectivity index (χ0n) is 13.4. The highest BCUT2D eigenvalue weighted by Crippen LogP contribution is 2.34. The molecule has 122 valence electrons. The van der Waals surface area contributed by atoms with Crippen LogP contribution in [-0.2, 0) is 7.05 Å². The number of nitrogens with zero attached hydrogens (tertiary/aromatic N) is 2. The molecular formula is C19H18N2O3. The lowest BCUT2D eigenvalue weighted by Crippen LogP contribution is -2.32. The van der Waals surface area contributed by atoms with E-state index in [0.29, 0.717) is 12.1 Å². The van der Waals surface area contributed by atoms with Gasteiger partial charge in [0.15, 0.2) is 0 Å². The summed E-state index contributed by atoms with van der Waals surface area (Å²) in [5.74, 6) is 0.691. The quantitative estimate of drug-likeness (QED) is 0.728. The minimum atomic E-state index is -0.175. The van der Waals surface area contributed by atoms with E-state index in [-0.39, 0.29) is 17.5 Å². The fourth-order valence-corrected chi connectivity index (χ4v) is 3.53. The Bertz CT molecular complexity index is 956.